The number of nitriles is 1. The minimum Gasteiger partial charge on any atom is -0.264 e. The van der Waals surface area contributed by atoms with E-state index in [1.54, 1.807) is 0 Å². The maximum Gasteiger partial charge on any atom is 0.0657 e. The third-order valence-electron chi connectivity index (χ3n) is 5.49. The van der Waals surface area contributed by atoms with Crippen LogP contribution in [-0.4, -0.2) is 6.72 Å². The molecule has 0 radical (unpaired) electrons. The minimum atomic E-state index is 0.538. The fourth-order valence-electron chi connectivity index (χ4n) is 3.84. The highest BCUT2D eigenvalue weighted by molar-refractivity contribution is 7.15. The zero-order valence-electron chi connectivity index (χ0n) is 17.0. The average molecular weight is 398 g/mol. The van der Waals surface area contributed by atoms with Crippen LogP contribution in [0.5, 0.6) is 0 Å². The molecule has 0 fully saturated rings. The van der Waals surface area contributed by atoms with Crippen molar-refractivity contribution in [2.24, 2.45) is 4.99 Å². The zero-order valence-corrected chi connectivity index (χ0v) is 18.1. The van der Waals surface area contributed by atoms with Crippen molar-refractivity contribution < 1.29 is 0 Å². The van der Waals surface area contributed by atoms with Gasteiger partial charge in [0.25, 0.3) is 0 Å². The van der Waals surface area contributed by atoms with Crippen molar-refractivity contribution in [1.82, 2.24) is 0 Å². The van der Waals surface area contributed by atoms with Crippen LogP contribution in [0.2, 0.25) is 0 Å². The lowest BCUT2D eigenvalue weighted by atomic mass is 9.92. The van der Waals surface area contributed by atoms with Gasteiger partial charge in [-0.3, -0.25) is 4.99 Å². The Morgan fingerprint density at radius 3 is 2.34 bits per heavy atom. The Morgan fingerprint density at radius 2 is 1.66 bits per heavy atom. The fraction of sp³-hybridized carbons (Fsp3) is 0.231. The van der Waals surface area contributed by atoms with E-state index in [1.807, 2.05) is 0 Å². The van der Waals surface area contributed by atoms with Crippen molar-refractivity contribution >= 4 is 21.6 Å². The van der Waals surface area contributed by atoms with Crippen molar-refractivity contribution in [3.8, 4) is 17.2 Å². The molecule has 0 spiro atoms. The number of rotatable bonds is 8. The van der Waals surface area contributed by atoms with Gasteiger partial charge < -0.3 is 0 Å². The number of aryl methyl sites for hydroxylation is 3. The van der Waals surface area contributed by atoms with Gasteiger partial charge in [0.05, 0.1) is 11.8 Å². The lowest BCUT2D eigenvalue weighted by Crippen LogP contribution is -2.00. The lowest BCUT2D eigenvalue weighted by Gasteiger charge is -2.15. The highest BCUT2D eigenvalue weighted by Gasteiger charge is 2.11. The van der Waals surface area contributed by atoms with Crippen molar-refractivity contribution in [3.05, 3.63) is 88.5 Å². The smallest absolute Gasteiger partial charge is 0.0657 e. The van der Waals surface area contributed by atoms with Gasteiger partial charge in [-0.05, 0) is 84.1 Å². The van der Waals surface area contributed by atoms with Crippen LogP contribution >= 0.6 is 9.24 Å². The molecule has 0 aromatic heterocycles. The summed E-state index contributed by atoms with van der Waals surface area (Å²) in [7, 11) is 2.78. The first kappa shape index (κ1) is 21.0. The number of benzene rings is 3. The van der Waals surface area contributed by atoms with Gasteiger partial charge in [0.15, 0.2) is 0 Å². The van der Waals surface area contributed by atoms with Crippen LogP contribution < -0.4 is 0 Å². The molecule has 0 heterocycles. The van der Waals surface area contributed by atoms with Crippen LogP contribution in [0.15, 0.2) is 65.7 Å². The zero-order chi connectivity index (χ0) is 20.6. The van der Waals surface area contributed by atoms with Crippen LogP contribution in [0, 0.1) is 18.3 Å². The third-order valence-corrected chi connectivity index (χ3v) is 5.93. The first-order valence-corrected chi connectivity index (χ1v) is 10.8. The van der Waals surface area contributed by atoms with E-state index in [2.05, 4.69) is 94.6 Å². The van der Waals surface area contributed by atoms with Gasteiger partial charge in [0.2, 0.25) is 0 Å². The molecule has 29 heavy (non-hydrogen) atoms. The van der Waals surface area contributed by atoms with E-state index in [1.165, 1.54) is 38.9 Å². The van der Waals surface area contributed by atoms with E-state index in [0.29, 0.717) is 6.42 Å². The first-order valence-electron chi connectivity index (χ1n) is 10.00. The van der Waals surface area contributed by atoms with Crippen molar-refractivity contribution in [2.45, 2.75) is 38.8 Å². The summed E-state index contributed by atoms with van der Waals surface area (Å²) in [6, 6.07) is 23.7. The number of nitrogens with zero attached hydrogens (tertiary/aromatic N) is 2. The Kier molecular flexibility index (Phi) is 7.34. The second-order valence-electron chi connectivity index (χ2n) is 7.23. The van der Waals surface area contributed by atoms with E-state index in [-0.39, 0.29) is 0 Å². The normalized spacial score (nSPS) is 10.5. The summed E-state index contributed by atoms with van der Waals surface area (Å²) >= 11 is 0. The van der Waals surface area contributed by atoms with Crippen LogP contribution in [0.1, 0.15) is 34.2 Å². The molecule has 0 aliphatic rings. The van der Waals surface area contributed by atoms with E-state index in [0.717, 1.165) is 31.1 Å². The Labute approximate surface area is 176 Å². The van der Waals surface area contributed by atoms with Crippen LogP contribution in [0.25, 0.3) is 11.1 Å². The minimum absolute atomic E-state index is 0.538. The third kappa shape index (κ3) is 5.00. The number of aliphatic imine (C=N–C) groups is 1. The molecule has 0 saturated carbocycles. The maximum atomic E-state index is 8.98. The first-order chi connectivity index (χ1) is 14.2. The van der Waals surface area contributed by atoms with Gasteiger partial charge in [-0.2, -0.15) is 5.26 Å². The molecule has 0 aliphatic heterocycles. The maximum absolute atomic E-state index is 8.98. The Morgan fingerprint density at radius 1 is 0.897 bits per heavy atom. The van der Waals surface area contributed by atoms with Gasteiger partial charge >= 0.3 is 0 Å². The Bertz CT molecular complexity index is 1030. The molecular weight excluding hydrogens is 371 g/mol. The largest absolute Gasteiger partial charge is 0.264 e. The van der Waals surface area contributed by atoms with E-state index >= 15 is 0 Å². The molecule has 1 atom stereocenters. The van der Waals surface area contributed by atoms with Crippen molar-refractivity contribution in [2.75, 3.05) is 0 Å². The molecule has 3 aromatic rings. The molecule has 0 amide bonds. The van der Waals surface area contributed by atoms with E-state index in [9.17, 15) is 0 Å². The average Bonchev–Trinajstić information content (AvgIpc) is 2.77. The highest BCUT2D eigenvalue weighted by Crippen LogP contribution is 2.30. The van der Waals surface area contributed by atoms with Crippen LogP contribution in [0.4, 0.5) is 5.69 Å². The molecule has 0 N–H and O–H groups in total. The topological polar surface area (TPSA) is 36.1 Å². The summed E-state index contributed by atoms with van der Waals surface area (Å²) in [6.45, 7) is 5.98. The standard InChI is InChI=1S/C26H27N2P/c1-19-20(10-6-12-25(19)21-8-4-3-5-9-21)13-14-23-16-22(11-7-15-27)24(18-29)17-26(23)28-2/h3-6,8-10,12,16-17H,2,7,11,13-14,18,29H2,1H3. The summed E-state index contributed by atoms with van der Waals surface area (Å²) in [4.78, 5) is 4.28. The molecule has 0 bridgehead atoms. The molecule has 146 valence electrons. The van der Waals surface area contributed by atoms with E-state index < -0.39 is 0 Å². The Hall–Kier alpha value is -2.75. The van der Waals surface area contributed by atoms with Crippen LogP contribution in [-0.2, 0) is 25.4 Å². The SMILES string of the molecule is C=Nc1cc(CP)c(CCC#N)cc1CCc1cccc(-c2ccccc2)c1C. The van der Waals surface area contributed by atoms with Gasteiger partial charge in [0.1, 0.15) is 0 Å². The highest BCUT2D eigenvalue weighted by atomic mass is 31.0. The van der Waals surface area contributed by atoms with Gasteiger partial charge in [-0.1, -0.05) is 54.6 Å². The summed E-state index contributed by atoms with van der Waals surface area (Å²) in [5.41, 5.74) is 9.88. The van der Waals surface area contributed by atoms with Crippen LogP contribution in [0.3, 0.4) is 0 Å². The molecule has 3 aromatic carbocycles. The van der Waals surface area contributed by atoms with E-state index in [4.69, 9.17) is 5.26 Å². The summed E-state index contributed by atoms with van der Waals surface area (Å²) in [5, 5.41) is 8.98. The predicted octanol–water partition coefficient (Wildman–Crippen LogP) is 6.61. The van der Waals surface area contributed by atoms with Crippen molar-refractivity contribution in [3.63, 3.8) is 0 Å². The summed E-state index contributed by atoms with van der Waals surface area (Å²) in [6.07, 6.45) is 4.04. The monoisotopic (exact) mass is 398 g/mol. The molecule has 1 unspecified atom stereocenters. The fourth-order valence-corrected chi connectivity index (χ4v) is 4.22. The summed E-state index contributed by atoms with van der Waals surface area (Å²) < 4.78 is 0. The summed E-state index contributed by atoms with van der Waals surface area (Å²) in [5.74, 6) is 0. The predicted molar refractivity (Wildman–Crippen MR) is 127 cm³/mol. The lowest BCUT2D eigenvalue weighted by molar-refractivity contribution is 0.931. The molecule has 0 aliphatic carbocycles. The quantitative estimate of drug-likeness (QED) is 0.311. The molecule has 0 saturated heterocycles. The molecule has 3 rings (SSSR count). The number of hydrogen-bond acceptors (Lipinski definition) is 2. The molecule has 3 heteroatoms. The molecular formula is C26H27N2P. The Balaban J connectivity index is 1.88. The second kappa shape index (κ2) is 10.1. The molecule has 2 nitrogen and oxygen atoms in total. The van der Waals surface area contributed by atoms with Gasteiger partial charge in [-0.15, -0.1) is 9.24 Å². The van der Waals surface area contributed by atoms with Gasteiger partial charge in [-0.25, -0.2) is 0 Å². The van der Waals surface area contributed by atoms with Crippen molar-refractivity contribution in [1.29, 1.82) is 5.26 Å². The second-order valence-corrected chi connectivity index (χ2v) is 7.63. The number of hydrogen-bond donors (Lipinski definition) is 0. The van der Waals surface area contributed by atoms with Gasteiger partial charge in [0, 0.05) is 6.42 Å².